The van der Waals surface area contributed by atoms with Gasteiger partial charge in [0.1, 0.15) is 0 Å². The molecule has 7 nitrogen and oxygen atoms in total. The molecule has 2 rings (SSSR count). The van der Waals surface area contributed by atoms with E-state index < -0.39 is 56.9 Å². The Morgan fingerprint density at radius 3 is 1.28 bits per heavy atom. The van der Waals surface area contributed by atoms with Crippen molar-refractivity contribution >= 4 is 11.4 Å². The van der Waals surface area contributed by atoms with Crippen LogP contribution >= 0.6 is 0 Å². The predicted octanol–water partition coefficient (Wildman–Crippen LogP) is 5.43. The molecule has 0 N–H and O–H groups in total. The number of halogens is 6. The number of ether oxygens (including phenoxy) is 1. The van der Waals surface area contributed by atoms with Crippen LogP contribution in [-0.2, 0) is 4.74 Å². The van der Waals surface area contributed by atoms with Crippen LogP contribution < -0.4 is 0 Å². The fraction of sp³-hybridized carbons (Fsp3) is 0.250. The van der Waals surface area contributed by atoms with Crippen LogP contribution in [0.2, 0.25) is 0 Å². The predicted molar refractivity (Wildman–Crippen MR) is 84.9 cm³/mol. The van der Waals surface area contributed by atoms with E-state index >= 15 is 0 Å². The summed E-state index contributed by atoms with van der Waals surface area (Å²) in [7, 11) is 0. The monoisotopic (exact) mass is 424 g/mol. The first-order chi connectivity index (χ1) is 13.3. The summed E-state index contributed by atoms with van der Waals surface area (Å²) in [5.74, 6) is 0. The average Bonchev–Trinajstić information content (AvgIpc) is 2.60. The van der Waals surface area contributed by atoms with Gasteiger partial charge in [-0.15, -0.1) is 0 Å². The lowest BCUT2D eigenvalue weighted by Gasteiger charge is -2.28. The van der Waals surface area contributed by atoms with E-state index in [2.05, 4.69) is 4.74 Å². The number of para-hydroxylation sites is 2. The summed E-state index contributed by atoms with van der Waals surface area (Å²) in [4.78, 5) is 19.6. The van der Waals surface area contributed by atoms with Crippen LogP contribution in [0.25, 0.3) is 0 Å². The quantitative estimate of drug-likeness (QED) is 0.350. The Labute approximate surface area is 157 Å². The van der Waals surface area contributed by atoms with Crippen LogP contribution in [-0.4, -0.2) is 22.2 Å². The molecule has 156 valence electrons. The van der Waals surface area contributed by atoms with Gasteiger partial charge in [-0.3, -0.25) is 20.2 Å². The van der Waals surface area contributed by atoms with E-state index in [1.807, 2.05) is 0 Å². The zero-order valence-electron chi connectivity index (χ0n) is 14.0. The Morgan fingerprint density at radius 1 is 0.690 bits per heavy atom. The molecule has 0 aliphatic heterocycles. The maximum atomic E-state index is 13.5. The molecule has 0 aliphatic rings. The Kier molecular flexibility index (Phi) is 6.11. The molecule has 0 bridgehead atoms. The molecule has 2 aromatic rings. The third-order valence-electron chi connectivity index (χ3n) is 3.70. The first kappa shape index (κ1) is 22.1. The van der Waals surface area contributed by atoms with Crippen molar-refractivity contribution < 1.29 is 40.9 Å². The first-order valence-electron chi connectivity index (χ1n) is 7.59. The molecule has 13 heteroatoms. The third-order valence-corrected chi connectivity index (χ3v) is 3.70. The summed E-state index contributed by atoms with van der Waals surface area (Å²) < 4.78 is 85.4. The van der Waals surface area contributed by atoms with E-state index in [1.54, 1.807) is 0 Å². The molecule has 0 fully saturated rings. The molecule has 0 aliphatic carbocycles. The number of rotatable bonds is 6. The normalized spacial score (nSPS) is 14.3. The molecule has 2 unspecified atom stereocenters. The van der Waals surface area contributed by atoms with E-state index in [0.717, 1.165) is 24.3 Å². The maximum absolute atomic E-state index is 13.5. The van der Waals surface area contributed by atoms with Crippen LogP contribution in [0.4, 0.5) is 37.7 Å². The molecule has 0 aromatic heterocycles. The fourth-order valence-electron chi connectivity index (χ4n) is 2.54. The van der Waals surface area contributed by atoms with Crippen LogP contribution in [0.5, 0.6) is 0 Å². The topological polar surface area (TPSA) is 95.5 Å². The van der Waals surface area contributed by atoms with Crippen molar-refractivity contribution in [1.29, 1.82) is 0 Å². The van der Waals surface area contributed by atoms with Crippen molar-refractivity contribution in [3.05, 3.63) is 79.9 Å². The largest absolute Gasteiger partial charge is 0.419 e. The van der Waals surface area contributed by atoms with E-state index in [-0.39, 0.29) is 0 Å². The van der Waals surface area contributed by atoms with Crippen molar-refractivity contribution in [1.82, 2.24) is 0 Å². The van der Waals surface area contributed by atoms with E-state index in [1.165, 1.54) is 0 Å². The number of benzene rings is 2. The molecule has 0 saturated heterocycles. The van der Waals surface area contributed by atoms with Gasteiger partial charge >= 0.3 is 12.4 Å². The Bertz CT molecular complexity index is 842. The van der Waals surface area contributed by atoms with Gasteiger partial charge in [0.2, 0.25) is 0 Å². The first-order valence-corrected chi connectivity index (χ1v) is 7.59. The molecule has 0 radical (unpaired) electrons. The molecular weight excluding hydrogens is 414 g/mol. The Balaban J connectivity index is 2.64. The summed E-state index contributed by atoms with van der Waals surface area (Å²) in [5.41, 5.74) is -4.56. The van der Waals surface area contributed by atoms with Gasteiger partial charge < -0.3 is 4.74 Å². The minimum absolute atomic E-state index is 0.600. The van der Waals surface area contributed by atoms with Gasteiger partial charge in [0.25, 0.3) is 11.4 Å². The molecule has 0 saturated carbocycles. The van der Waals surface area contributed by atoms with E-state index in [4.69, 9.17) is 0 Å². The molecule has 2 atom stereocenters. The number of hydrogen-bond donors (Lipinski definition) is 0. The second-order valence-corrected chi connectivity index (χ2v) is 5.61. The van der Waals surface area contributed by atoms with Gasteiger partial charge in [-0.25, -0.2) is 0 Å². The van der Waals surface area contributed by atoms with Crippen molar-refractivity contribution in [2.45, 2.75) is 24.6 Å². The minimum Gasteiger partial charge on any atom is -0.346 e. The highest BCUT2D eigenvalue weighted by molar-refractivity contribution is 5.44. The third kappa shape index (κ3) is 4.99. The summed E-state index contributed by atoms with van der Waals surface area (Å²) in [6, 6.07) is 6.51. The standard InChI is InChI=1S/C16H10F6N2O5/c17-15(18,19)13(9-5-1-3-7-11(9)23(25)26)29-14(16(20,21)22)10-6-2-4-8-12(10)24(27)28/h1-8,13-14H. The lowest BCUT2D eigenvalue weighted by molar-refractivity contribution is -0.390. The SMILES string of the molecule is O=[N+]([O-])c1ccccc1C(OC(c1ccccc1[N+](=O)[O-])C(F)(F)F)C(F)(F)F. The molecule has 0 heterocycles. The smallest absolute Gasteiger partial charge is 0.346 e. The Hall–Kier alpha value is -3.22. The second kappa shape index (κ2) is 8.03. The summed E-state index contributed by atoms with van der Waals surface area (Å²) in [6.45, 7) is 0. The Morgan fingerprint density at radius 2 is 1.00 bits per heavy atom. The summed E-state index contributed by atoms with van der Waals surface area (Å²) >= 11 is 0. The highest BCUT2D eigenvalue weighted by atomic mass is 19.4. The number of alkyl halides is 6. The maximum Gasteiger partial charge on any atom is 0.419 e. The molecule has 2 aromatic carbocycles. The van der Waals surface area contributed by atoms with Crippen molar-refractivity contribution in [3.63, 3.8) is 0 Å². The van der Waals surface area contributed by atoms with Crippen LogP contribution in [0, 0.1) is 20.2 Å². The van der Waals surface area contributed by atoms with Crippen molar-refractivity contribution in [2.75, 3.05) is 0 Å². The minimum atomic E-state index is -5.49. The molecule has 29 heavy (non-hydrogen) atoms. The number of nitro groups is 2. The lowest BCUT2D eigenvalue weighted by Crippen LogP contribution is -2.32. The molecule has 0 spiro atoms. The fourth-order valence-corrected chi connectivity index (χ4v) is 2.54. The highest BCUT2D eigenvalue weighted by Gasteiger charge is 2.53. The zero-order chi connectivity index (χ0) is 22.0. The van der Waals surface area contributed by atoms with Gasteiger partial charge in [-0.2, -0.15) is 26.3 Å². The number of nitro benzene ring substituents is 2. The number of hydrogen-bond acceptors (Lipinski definition) is 5. The van der Waals surface area contributed by atoms with Gasteiger partial charge in [0.15, 0.2) is 12.2 Å². The van der Waals surface area contributed by atoms with E-state index in [9.17, 15) is 46.6 Å². The van der Waals surface area contributed by atoms with Crippen molar-refractivity contribution in [2.24, 2.45) is 0 Å². The van der Waals surface area contributed by atoms with Crippen LogP contribution in [0.15, 0.2) is 48.5 Å². The van der Waals surface area contributed by atoms with Gasteiger partial charge in [0.05, 0.1) is 21.0 Å². The van der Waals surface area contributed by atoms with Gasteiger partial charge in [0, 0.05) is 12.1 Å². The second-order valence-electron chi connectivity index (χ2n) is 5.61. The average molecular weight is 424 g/mol. The summed E-state index contributed by atoms with van der Waals surface area (Å²) in [5, 5.41) is 22.0. The number of nitrogens with zero attached hydrogens (tertiary/aromatic N) is 2. The van der Waals surface area contributed by atoms with Gasteiger partial charge in [-0.05, 0) is 12.1 Å². The molecular formula is C16H10F6N2O5. The van der Waals surface area contributed by atoms with E-state index in [0.29, 0.717) is 24.3 Å². The summed E-state index contributed by atoms with van der Waals surface area (Å²) in [6.07, 6.45) is -17.7. The van der Waals surface area contributed by atoms with Crippen LogP contribution in [0.3, 0.4) is 0 Å². The van der Waals surface area contributed by atoms with Crippen molar-refractivity contribution in [3.8, 4) is 0 Å². The van der Waals surface area contributed by atoms with Gasteiger partial charge in [-0.1, -0.05) is 24.3 Å². The molecule has 0 amide bonds. The highest BCUT2D eigenvalue weighted by Crippen LogP contribution is 2.48. The lowest BCUT2D eigenvalue weighted by atomic mass is 10.0. The van der Waals surface area contributed by atoms with Crippen LogP contribution in [0.1, 0.15) is 23.3 Å². The zero-order valence-corrected chi connectivity index (χ0v) is 14.0.